The molecule has 0 amide bonds. The molecule has 19 heavy (non-hydrogen) atoms. The van der Waals surface area contributed by atoms with Crippen LogP contribution in [0.1, 0.15) is 18.4 Å². The number of nitrogens with one attached hydrogen (secondary N) is 2. The van der Waals surface area contributed by atoms with Crippen molar-refractivity contribution in [3.05, 3.63) is 22.7 Å². The first-order valence-corrected chi connectivity index (χ1v) is 7.93. The van der Waals surface area contributed by atoms with Crippen LogP contribution in [-0.4, -0.2) is 24.6 Å². The number of thiazole rings is 1. The fourth-order valence-electron chi connectivity index (χ4n) is 2.50. The molecule has 0 radical (unpaired) electrons. The molecule has 1 aromatic heterocycles. The third-order valence-electron chi connectivity index (χ3n) is 3.70. The molecule has 1 aliphatic rings. The molecule has 1 saturated heterocycles. The number of fused-ring (bicyclic) bond motifs is 1. The van der Waals surface area contributed by atoms with Gasteiger partial charge in [-0.3, -0.25) is 0 Å². The zero-order valence-electron chi connectivity index (χ0n) is 11.0. The van der Waals surface area contributed by atoms with Gasteiger partial charge in [0.15, 0.2) is 5.13 Å². The Morgan fingerprint density at radius 1 is 1.42 bits per heavy atom. The van der Waals surface area contributed by atoms with Crippen LogP contribution in [0.4, 0.5) is 5.13 Å². The van der Waals surface area contributed by atoms with Crippen molar-refractivity contribution in [3.8, 4) is 0 Å². The van der Waals surface area contributed by atoms with Crippen molar-refractivity contribution in [3.63, 3.8) is 0 Å². The fraction of sp³-hybridized carbons (Fsp3) is 0.500. The monoisotopic (exact) mass is 295 g/mol. The number of halogens is 1. The van der Waals surface area contributed by atoms with Crippen LogP contribution in [0, 0.1) is 12.8 Å². The molecule has 3 rings (SSSR count). The number of rotatable bonds is 3. The molecular weight excluding hydrogens is 278 g/mol. The van der Waals surface area contributed by atoms with E-state index in [0.717, 1.165) is 45.9 Å². The minimum atomic E-state index is 0.754. The van der Waals surface area contributed by atoms with Gasteiger partial charge < -0.3 is 10.6 Å². The minimum absolute atomic E-state index is 0.754. The molecule has 5 heteroatoms. The summed E-state index contributed by atoms with van der Waals surface area (Å²) in [5, 5.41) is 8.66. The van der Waals surface area contributed by atoms with E-state index in [2.05, 4.69) is 22.5 Å². The van der Waals surface area contributed by atoms with Crippen LogP contribution >= 0.6 is 22.9 Å². The van der Waals surface area contributed by atoms with Crippen LogP contribution < -0.4 is 10.6 Å². The third kappa shape index (κ3) is 2.86. The molecule has 2 heterocycles. The Morgan fingerprint density at radius 2 is 2.21 bits per heavy atom. The van der Waals surface area contributed by atoms with Gasteiger partial charge in [-0.2, -0.15) is 0 Å². The molecule has 0 spiro atoms. The maximum Gasteiger partial charge on any atom is 0.183 e. The van der Waals surface area contributed by atoms with Gasteiger partial charge in [0.05, 0.1) is 15.2 Å². The maximum absolute atomic E-state index is 6.23. The highest BCUT2D eigenvalue weighted by molar-refractivity contribution is 7.22. The first-order valence-electron chi connectivity index (χ1n) is 6.74. The maximum atomic E-state index is 6.23. The number of hydrogen-bond donors (Lipinski definition) is 2. The van der Waals surface area contributed by atoms with E-state index in [-0.39, 0.29) is 0 Å². The van der Waals surface area contributed by atoms with Crippen molar-refractivity contribution >= 4 is 38.3 Å². The smallest absolute Gasteiger partial charge is 0.183 e. The van der Waals surface area contributed by atoms with E-state index < -0.39 is 0 Å². The highest BCUT2D eigenvalue weighted by Crippen LogP contribution is 2.34. The molecule has 3 nitrogen and oxygen atoms in total. The van der Waals surface area contributed by atoms with E-state index in [4.69, 9.17) is 11.6 Å². The van der Waals surface area contributed by atoms with E-state index in [0.29, 0.717) is 0 Å². The molecule has 102 valence electrons. The SMILES string of the molecule is Cc1ccc(Cl)c2sc(NCC3CCNCC3)nc12. The van der Waals surface area contributed by atoms with E-state index in [9.17, 15) is 0 Å². The summed E-state index contributed by atoms with van der Waals surface area (Å²) in [6.45, 7) is 5.36. The summed E-state index contributed by atoms with van der Waals surface area (Å²) in [7, 11) is 0. The number of hydrogen-bond acceptors (Lipinski definition) is 4. The minimum Gasteiger partial charge on any atom is -0.361 e. The van der Waals surface area contributed by atoms with Crippen molar-refractivity contribution in [1.82, 2.24) is 10.3 Å². The third-order valence-corrected chi connectivity index (χ3v) is 5.17. The number of aryl methyl sites for hydroxylation is 1. The zero-order valence-corrected chi connectivity index (χ0v) is 12.6. The van der Waals surface area contributed by atoms with Gasteiger partial charge >= 0.3 is 0 Å². The van der Waals surface area contributed by atoms with Gasteiger partial charge in [-0.15, -0.1) is 0 Å². The zero-order chi connectivity index (χ0) is 13.2. The van der Waals surface area contributed by atoms with Crippen molar-refractivity contribution in [2.24, 2.45) is 5.92 Å². The number of piperidine rings is 1. The Balaban J connectivity index is 1.74. The Labute approximate surface area is 122 Å². The van der Waals surface area contributed by atoms with Crippen LogP contribution in [0.25, 0.3) is 10.2 Å². The molecule has 2 N–H and O–H groups in total. The molecule has 2 aromatic rings. The molecule has 0 atom stereocenters. The summed E-state index contributed by atoms with van der Waals surface area (Å²) in [4.78, 5) is 4.66. The lowest BCUT2D eigenvalue weighted by atomic mass is 9.98. The Kier molecular flexibility index (Phi) is 3.91. The molecule has 1 aromatic carbocycles. The molecule has 0 aliphatic carbocycles. The van der Waals surface area contributed by atoms with Crippen molar-refractivity contribution < 1.29 is 0 Å². The molecule has 0 unspecified atom stereocenters. The quantitative estimate of drug-likeness (QED) is 0.907. The molecule has 0 saturated carbocycles. The second kappa shape index (κ2) is 5.65. The van der Waals surface area contributed by atoms with Gasteiger partial charge in [-0.25, -0.2) is 4.98 Å². The Hall–Kier alpha value is -0.840. The summed E-state index contributed by atoms with van der Waals surface area (Å²) < 4.78 is 1.09. The molecule has 1 fully saturated rings. The summed E-state index contributed by atoms with van der Waals surface area (Å²) in [6, 6.07) is 3.98. The van der Waals surface area contributed by atoms with Crippen LogP contribution in [-0.2, 0) is 0 Å². The second-order valence-electron chi connectivity index (χ2n) is 5.14. The lowest BCUT2D eigenvalue weighted by Gasteiger charge is -2.22. The summed E-state index contributed by atoms with van der Waals surface area (Å²) in [5.41, 5.74) is 2.22. The van der Waals surface area contributed by atoms with Crippen molar-refractivity contribution in [2.75, 3.05) is 25.0 Å². The lowest BCUT2D eigenvalue weighted by molar-refractivity contribution is 0.390. The normalized spacial score (nSPS) is 16.9. The largest absolute Gasteiger partial charge is 0.361 e. The Morgan fingerprint density at radius 3 is 2.95 bits per heavy atom. The van der Waals surface area contributed by atoms with Gasteiger partial charge in [-0.05, 0) is 50.4 Å². The van der Waals surface area contributed by atoms with Crippen LogP contribution in [0.2, 0.25) is 5.02 Å². The summed E-state index contributed by atoms with van der Waals surface area (Å²) in [5.74, 6) is 0.754. The van der Waals surface area contributed by atoms with E-state index in [1.54, 1.807) is 11.3 Å². The fourth-order valence-corrected chi connectivity index (χ4v) is 3.72. The summed E-state index contributed by atoms with van der Waals surface area (Å²) >= 11 is 7.88. The van der Waals surface area contributed by atoms with Gasteiger partial charge in [0.2, 0.25) is 0 Å². The van der Waals surface area contributed by atoms with Gasteiger partial charge in [0.25, 0.3) is 0 Å². The number of anilines is 1. The Bertz CT molecular complexity index is 536. The average Bonchev–Trinajstić information content (AvgIpc) is 2.87. The van der Waals surface area contributed by atoms with Crippen molar-refractivity contribution in [2.45, 2.75) is 19.8 Å². The summed E-state index contributed by atoms with van der Waals surface area (Å²) in [6.07, 6.45) is 2.50. The molecule has 0 bridgehead atoms. The number of nitrogens with zero attached hydrogens (tertiary/aromatic N) is 1. The average molecular weight is 296 g/mol. The standard InChI is InChI=1S/C14H18ClN3S/c1-9-2-3-11(15)13-12(9)18-14(19-13)17-8-10-4-6-16-7-5-10/h2-3,10,16H,4-8H2,1H3,(H,17,18). The predicted molar refractivity (Wildman–Crippen MR) is 83.5 cm³/mol. The molecule has 1 aliphatic heterocycles. The van der Waals surface area contributed by atoms with E-state index in [1.807, 2.05) is 12.1 Å². The van der Waals surface area contributed by atoms with Gasteiger partial charge in [0.1, 0.15) is 0 Å². The highest BCUT2D eigenvalue weighted by Gasteiger charge is 2.14. The lowest BCUT2D eigenvalue weighted by Crippen LogP contribution is -2.31. The highest BCUT2D eigenvalue weighted by atomic mass is 35.5. The second-order valence-corrected chi connectivity index (χ2v) is 6.54. The van der Waals surface area contributed by atoms with Crippen LogP contribution in [0.5, 0.6) is 0 Å². The number of aromatic nitrogens is 1. The van der Waals surface area contributed by atoms with Gasteiger partial charge in [-0.1, -0.05) is 29.0 Å². The first-order chi connectivity index (χ1) is 9.24. The molecular formula is C14H18ClN3S. The van der Waals surface area contributed by atoms with E-state index >= 15 is 0 Å². The van der Waals surface area contributed by atoms with Crippen molar-refractivity contribution in [1.29, 1.82) is 0 Å². The van der Waals surface area contributed by atoms with Gasteiger partial charge in [0, 0.05) is 6.54 Å². The van der Waals surface area contributed by atoms with Crippen LogP contribution in [0.15, 0.2) is 12.1 Å². The number of benzene rings is 1. The first kappa shape index (κ1) is 13.2. The predicted octanol–water partition coefficient (Wildman–Crippen LogP) is 3.67. The van der Waals surface area contributed by atoms with E-state index in [1.165, 1.54) is 18.4 Å². The van der Waals surface area contributed by atoms with Crippen LogP contribution in [0.3, 0.4) is 0 Å². The topological polar surface area (TPSA) is 37.0 Å².